The fourth-order valence-corrected chi connectivity index (χ4v) is 2.55. The summed E-state index contributed by atoms with van der Waals surface area (Å²) in [5.74, 6) is -1.56. The van der Waals surface area contributed by atoms with Crippen molar-refractivity contribution >= 4 is 39.5 Å². The summed E-state index contributed by atoms with van der Waals surface area (Å²) >= 11 is 6.93. The minimum absolute atomic E-state index is 0.00125. The summed E-state index contributed by atoms with van der Waals surface area (Å²) in [6, 6.07) is 1.61. The molecule has 1 aromatic rings. The number of thioether (sulfide) groups is 1. The molecule has 102 valence electrons. The maximum absolute atomic E-state index is 13.2. The third-order valence-electron chi connectivity index (χ3n) is 2.53. The van der Waals surface area contributed by atoms with Gasteiger partial charge >= 0.3 is 0 Å². The molecule has 0 aliphatic carbocycles. The minimum Gasteiger partial charge on any atom is -0.394 e. The summed E-state index contributed by atoms with van der Waals surface area (Å²) in [6.45, 7) is 0.00125. The molecule has 0 radical (unpaired) electrons. The van der Waals surface area contributed by atoms with Crippen molar-refractivity contribution in [1.29, 1.82) is 0 Å². The number of anilines is 1. The fourth-order valence-electron chi connectivity index (χ4n) is 1.52. The third-order valence-corrected chi connectivity index (χ3v) is 3.78. The van der Waals surface area contributed by atoms with Gasteiger partial charge in [0.15, 0.2) is 4.50 Å². The maximum Gasteiger partial charge on any atom is 0.246 e. The first-order chi connectivity index (χ1) is 8.97. The predicted molar refractivity (Wildman–Crippen MR) is 72.2 cm³/mol. The van der Waals surface area contributed by atoms with E-state index in [1.165, 1.54) is 11.8 Å². The van der Waals surface area contributed by atoms with Crippen LogP contribution in [0.25, 0.3) is 0 Å². The Balaban J connectivity index is 1.97. The molecule has 1 aliphatic rings. The highest BCUT2D eigenvalue weighted by Gasteiger charge is 2.23. The summed E-state index contributed by atoms with van der Waals surface area (Å²) in [6.07, 6.45) is 0. The van der Waals surface area contributed by atoms with E-state index in [-0.39, 0.29) is 12.5 Å². The Morgan fingerprint density at radius 1 is 1.53 bits per heavy atom. The van der Waals surface area contributed by atoms with E-state index in [0.717, 1.165) is 12.1 Å². The van der Waals surface area contributed by atoms with Gasteiger partial charge in [-0.15, -0.1) is 0 Å². The third kappa shape index (κ3) is 3.36. The number of nitrogens with one attached hydrogen (secondary N) is 1. The van der Waals surface area contributed by atoms with Gasteiger partial charge in [-0.25, -0.2) is 8.78 Å². The number of benzene rings is 1. The number of amides is 1. The van der Waals surface area contributed by atoms with Crippen LogP contribution in [0.3, 0.4) is 0 Å². The van der Waals surface area contributed by atoms with Crippen LogP contribution >= 0.6 is 23.4 Å². The quantitative estimate of drug-likeness (QED) is 0.838. The minimum atomic E-state index is -0.846. The molecule has 1 aliphatic heterocycles. The number of rotatable bonds is 3. The van der Waals surface area contributed by atoms with Crippen molar-refractivity contribution in [3.8, 4) is 0 Å². The molecule has 2 rings (SSSR count). The number of nitrogens with two attached hydrogens (primary N) is 1. The van der Waals surface area contributed by atoms with Gasteiger partial charge < -0.3 is 11.1 Å². The van der Waals surface area contributed by atoms with Gasteiger partial charge in [-0.3, -0.25) is 9.79 Å². The van der Waals surface area contributed by atoms with Crippen LogP contribution in [0.4, 0.5) is 14.5 Å². The average Bonchev–Trinajstić information content (AvgIpc) is 2.79. The average molecular weight is 306 g/mol. The highest BCUT2D eigenvalue weighted by molar-refractivity contribution is 8.17. The van der Waals surface area contributed by atoms with Gasteiger partial charge in [-0.05, 0) is 17.7 Å². The van der Waals surface area contributed by atoms with Crippen LogP contribution in [-0.2, 0) is 11.3 Å². The van der Waals surface area contributed by atoms with Crippen LogP contribution < -0.4 is 11.1 Å². The van der Waals surface area contributed by atoms with Crippen LogP contribution in [-0.4, -0.2) is 22.2 Å². The van der Waals surface area contributed by atoms with E-state index >= 15 is 0 Å². The van der Waals surface area contributed by atoms with Gasteiger partial charge in [0.1, 0.15) is 23.4 Å². The molecule has 1 heterocycles. The fraction of sp³-hybridized carbons (Fsp3) is 0.273. The number of carbonyl (C=O) groups excluding carboxylic acids is 1. The number of nitrogen functional groups attached to an aromatic ring is 1. The van der Waals surface area contributed by atoms with E-state index in [1.54, 1.807) is 0 Å². The Kier molecular flexibility index (Phi) is 4.26. The van der Waals surface area contributed by atoms with E-state index in [4.69, 9.17) is 17.3 Å². The summed E-state index contributed by atoms with van der Waals surface area (Å²) in [7, 11) is 0. The van der Waals surface area contributed by atoms with Gasteiger partial charge in [0, 0.05) is 12.3 Å². The van der Waals surface area contributed by atoms with Crippen molar-refractivity contribution in [1.82, 2.24) is 5.32 Å². The second kappa shape index (κ2) is 5.75. The van der Waals surface area contributed by atoms with E-state index in [2.05, 4.69) is 10.3 Å². The summed E-state index contributed by atoms with van der Waals surface area (Å²) < 4.78 is 26.7. The van der Waals surface area contributed by atoms with E-state index in [9.17, 15) is 13.6 Å². The van der Waals surface area contributed by atoms with Gasteiger partial charge in [-0.2, -0.15) is 0 Å². The molecule has 1 unspecified atom stereocenters. The second-order valence-corrected chi connectivity index (χ2v) is 5.49. The lowest BCUT2D eigenvalue weighted by molar-refractivity contribution is -0.121. The highest BCUT2D eigenvalue weighted by atomic mass is 35.5. The van der Waals surface area contributed by atoms with E-state index in [1.807, 2.05) is 0 Å². The molecule has 0 saturated heterocycles. The first kappa shape index (κ1) is 14.1. The van der Waals surface area contributed by atoms with Gasteiger partial charge in [0.2, 0.25) is 5.91 Å². The zero-order valence-electron chi connectivity index (χ0n) is 9.62. The smallest absolute Gasteiger partial charge is 0.246 e. The molecule has 19 heavy (non-hydrogen) atoms. The zero-order chi connectivity index (χ0) is 14.0. The normalized spacial score (nSPS) is 18.3. The topological polar surface area (TPSA) is 67.5 Å². The Morgan fingerprint density at radius 2 is 2.16 bits per heavy atom. The lowest BCUT2D eigenvalue weighted by Gasteiger charge is -2.09. The molecular weight excluding hydrogens is 296 g/mol. The summed E-state index contributed by atoms with van der Waals surface area (Å²) in [4.78, 5) is 15.6. The lowest BCUT2D eigenvalue weighted by atomic mass is 10.2. The Morgan fingerprint density at radius 3 is 2.68 bits per heavy atom. The molecule has 3 N–H and O–H groups in total. The summed E-state index contributed by atoms with van der Waals surface area (Å²) in [5, 5.41) is 2.54. The van der Waals surface area contributed by atoms with E-state index in [0.29, 0.717) is 15.8 Å². The van der Waals surface area contributed by atoms with Gasteiger partial charge in [-0.1, -0.05) is 23.4 Å². The van der Waals surface area contributed by atoms with Crippen molar-refractivity contribution in [3.05, 3.63) is 29.3 Å². The first-order valence-corrected chi connectivity index (χ1v) is 6.71. The predicted octanol–water partition coefficient (Wildman–Crippen LogP) is 1.87. The number of carbonyl (C=O) groups is 1. The Labute approximate surface area is 117 Å². The summed E-state index contributed by atoms with van der Waals surface area (Å²) in [5.41, 5.74) is 4.91. The Hall–Kier alpha value is -1.34. The van der Waals surface area contributed by atoms with Crippen molar-refractivity contribution < 1.29 is 13.6 Å². The molecular formula is C11H10ClF2N3OS. The molecule has 0 fully saturated rings. The zero-order valence-corrected chi connectivity index (χ0v) is 11.2. The van der Waals surface area contributed by atoms with Gasteiger partial charge in [0.25, 0.3) is 0 Å². The SMILES string of the molecule is Nc1c(F)cc(CNC(=O)C2CSC(Cl)=N2)cc1F. The molecule has 1 amide bonds. The first-order valence-electron chi connectivity index (χ1n) is 5.34. The molecule has 1 aromatic carbocycles. The molecule has 1 atom stereocenters. The molecule has 8 heteroatoms. The van der Waals surface area contributed by atoms with Crippen molar-refractivity contribution in [2.75, 3.05) is 11.5 Å². The number of nitrogens with zero attached hydrogens (tertiary/aromatic N) is 1. The molecule has 0 spiro atoms. The largest absolute Gasteiger partial charge is 0.394 e. The highest BCUT2D eigenvalue weighted by Crippen LogP contribution is 2.21. The van der Waals surface area contributed by atoms with Crippen molar-refractivity contribution in [3.63, 3.8) is 0 Å². The van der Waals surface area contributed by atoms with E-state index < -0.39 is 23.4 Å². The number of hydrogen-bond donors (Lipinski definition) is 2. The number of hydrogen-bond acceptors (Lipinski definition) is 4. The van der Waals surface area contributed by atoms with Crippen LogP contribution in [0.2, 0.25) is 0 Å². The standard InChI is InChI=1S/C11H10ClF2N3OS/c12-11-17-8(4-19-11)10(18)16-3-5-1-6(13)9(15)7(14)2-5/h1-2,8H,3-4,15H2,(H,16,18). The second-order valence-electron chi connectivity index (χ2n) is 3.90. The van der Waals surface area contributed by atoms with Crippen molar-refractivity contribution in [2.45, 2.75) is 12.6 Å². The van der Waals surface area contributed by atoms with Crippen LogP contribution in [0.1, 0.15) is 5.56 Å². The van der Waals surface area contributed by atoms with Crippen LogP contribution in [0.15, 0.2) is 17.1 Å². The number of aliphatic imine (C=N–C) groups is 1. The maximum atomic E-state index is 13.2. The number of halogens is 3. The lowest BCUT2D eigenvalue weighted by Crippen LogP contribution is -2.33. The molecule has 0 aromatic heterocycles. The van der Waals surface area contributed by atoms with Gasteiger partial charge in [0.05, 0.1) is 0 Å². The molecule has 4 nitrogen and oxygen atoms in total. The van der Waals surface area contributed by atoms with Crippen LogP contribution in [0, 0.1) is 11.6 Å². The van der Waals surface area contributed by atoms with Crippen LogP contribution in [0.5, 0.6) is 0 Å². The van der Waals surface area contributed by atoms with Crippen molar-refractivity contribution in [2.24, 2.45) is 4.99 Å². The monoisotopic (exact) mass is 305 g/mol. The molecule has 0 saturated carbocycles. The Bertz CT molecular complexity index is 530. The molecule has 0 bridgehead atoms.